The molecule has 1 aromatic rings. The number of aliphatic hydroxyl groups excluding tert-OH is 1. The number of piperidine rings is 1. The summed E-state index contributed by atoms with van der Waals surface area (Å²) in [6.45, 7) is 2.91. The average molecular weight is 458 g/mol. The maximum absolute atomic E-state index is 11.7. The second-order valence-electron chi connectivity index (χ2n) is 8.08. The Bertz CT molecular complexity index is 964. The van der Waals surface area contributed by atoms with Gasteiger partial charge in [0.25, 0.3) is 0 Å². The van der Waals surface area contributed by atoms with Crippen LogP contribution < -0.4 is 10.7 Å². The number of nitrogens with zero attached hydrogens (tertiary/aromatic N) is 2. The predicted octanol–water partition coefficient (Wildman–Crippen LogP) is 2.78. The zero-order chi connectivity index (χ0) is 23.3. The van der Waals surface area contributed by atoms with Crippen LogP contribution >= 0.6 is 12.2 Å². The Kier molecular flexibility index (Phi) is 7.84. The van der Waals surface area contributed by atoms with Gasteiger partial charge in [-0.2, -0.15) is 5.10 Å². The first-order valence-corrected chi connectivity index (χ1v) is 11.3. The van der Waals surface area contributed by atoms with Crippen molar-refractivity contribution in [3.63, 3.8) is 0 Å². The molecule has 4 N–H and O–H groups in total. The number of carbonyl (C=O) groups is 1. The van der Waals surface area contributed by atoms with Gasteiger partial charge in [-0.3, -0.25) is 15.6 Å². The molecule has 0 spiro atoms. The topological polar surface area (TPSA) is 110 Å². The van der Waals surface area contributed by atoms with Gasteiger partial charge >= 0.3 is 5.97 Å². The van der Waals surface area contributed by atoms with Crippen LogP contribution in [0.2, 0.25) is 0 Å². The summed E-state index contributed by atoms with van der Waals surface area (Å²) in [5, 5.41) is 26.8. The van der Waals surface area contributed by atoms with E-state index in [1.54, 1.807) is 14.0 Å². The molecular formula is C23H31N5O3S. The van der Waals surface area contributed by atoms with Gasteiger partial charge in [0.2, 0.25) is 0 Å². The van der Waals surface area contributed by atoms with Gasteiger partial charge in [-0.25, -0.2) is 0 Å². The second-order valence-corrected chi connectivity index (χ2v) is 8.47. The van der Waals surface area contributed by atoms with Gasteiger partial charge in [0, 0.05) is 25.7 Å². The van der Waals surface area contributed by atoms with Crippen molar-refractivity contribution < 1.29 is 14.6 Å². The highest BCUT2D eigenvalue weighted by Gasteiger charge is 2.26. The molecule has 0 saturated carbocycles. The minimum absolute atomic E-state index is 0.0884. The number of hydrogen-bond donors (Lipinski definition) is 4. The summed E-state index contributed by atoms with van der Waals surface area (Å²) >= 11 is 5.41. The minimum atomic E-state index is -0.184. The smallest absolute Gasteiger partial charge is 0.308 e. The molecule has 172 valence electrons. The molecule has 2 aliphatic rings. The molecule has 1 aromatic carbocycles. The Hall–Kier alpha value is -2.94. The number of aliphatic hydroxyl groups is 1. The van der Waals surface area contributed by atoms with Crippen LogP contribution in [0.3, 0.4) is 0 Å². The Morgan fingerprint density at radius 2 is 1.97 bits per heavy atom. The van der Waals surface area contributed by atoms with Gasteiger partial charge in [0.05, 0.1) is 24.4 Å². The van der Waals surface area contributed by atoms with Crippen LogP contribution in [0, 0.1) is 11.3 Å². The van der Waals surface area contributed by atoms with Crippen molar-refractivity contribution in [2.24, 2.45) is 11.0 Å². The number of benzene rings is 1. The average Bonchev–Trinajstić information content (AvgIpc) is 3.29. The van der Waals surface area contributed by atoms with Gasteiger partial charge in [-0.1, -0.05) is 12.1 Å². The number of rotatable bonds is 6. The first-order valence-electron chi connectivity index (χ1n) is 10.8. The molecule has 0 unspecified atom stereocenters. The molecule has 8 nitrogen and oxygen atoms in total. The van der Waals surface area contributed by atoms with Crippen LogP contribution in [0.1, 0.15) is 42.9 Å². The van der Waals surface area contributed by atoms with Crippen molar-refractivity contribution in [2.75, 3.05) is 27.2 Å². The van der Waals surface area contributed by atoms with Crippen molar-refractivity contribution in [2.45, 2.75) is 39.0 Å². The van der Waals surface area contributed by atoms with Gasteiger partial charge in [0.15, 0.2) is 10.9 Å². The van der Waals surface area contributed by atoms with Crippen molar-refractivity contribution in [1.82, 2.24) is 15.6 Å². The number of carbonyl (C=O) groups excluding carboxylic acids is 1. The Morgan fingerprint density at radius 1 is 1.28 bits per heavy atom. The van der Waals surface area contributed by atoms with Crippen molar-refractivity contribution >= 4 is 40.4 Å². The number of likely N-dealkylation sites (tertiary alicyclic amines) is 1. The first kappa shape index (κ1) is 23.7. The number of esters is 1. The lowest BCUT2D eigenvalue weighted by molar-refractivity contribution is -0.146. The highest BCUT2D eigenvalue weighted by Crippen LogP contribution is 2.26. The number of methoxy groups -OCH3 is 1. The van der Waals surface area contributed by atoms with Crippen molar-refractivity contribution in [3.05, 3.63) is 40.6 Å². The SMILES string of the molecule is CN/C(=C(/O)C(=N)/C(C)=N/NC(=S)N1CCC(C(=O)OC)CC1)c1ccc2c(c1)CCC2. The van der Waals surface area contributed by atoms with E-state index >= 15 is 0 Å². The molecule has 1 heterocycles. The molecule has 9 heteroatoms. The van der Waals surface area contributed by atoms with E-state index in [9.17, 15) is 9.90 Å². The van der Waals surface area contributed by atoms with E-state index in [2.05, 4.69) is 28.0 Å². The summed E-state index contributed by atoms with van der Waals surface area (Å²) in [6, 6.07) is 6.14. The molecule has 0 atom stereocenters. The molecule has 0 aromatic heterocycles. The molecule has 0 bridgehead atoms. The van der Waals surface area contributed by atoms with E-state index < -0.39 is 0 Å². The lowest BCUT2D eigenvalue weighted by atomic mass is 9.97. The molecule has 1 aliphatic carbocycles. The second kappa shape index (κ2) is 10.6. The van der Waals surface area contributed by atoms with Crippen LogP contribution in [-0.4, -0.2) is 59.8 Å². The molecule has 1 saturated heterocycles. The first-order chi connectivity index (χ1) is 15.3. The summed E-state index contributed by atoms with van der Waals surface area (Å²) in [4.78, 5) is 13.6. The third-order valence-electron chi connectivity index (χ3n) is 6.11. The summed E-state index contributed by atoms with van der Waals surface area (Å²) in [7, 11) is 3.13. The third kappa shape index (κ3) is 5.27. The van der Waals surface area contributed by atoms with Gasteiger partial charge in [0.1, 0.15) is 5.71 Å². The number of hydrogen-bond acceptors (Lipinski definition) is 7. The Balaban J connectivity index is 1.64. The monoisotopic (exact) mass is 457 g/mol. The number of ether oxygens (including phenoxy) is 1. The zero-order valence-electron chi connectivity index (χ0n) is 18.8. The number of hydrazone groups is 1. The van der Waals surface area contributed by atoms with Crippen LogP contribution in [0.25, 0.3) is 5.70 Å². The maximum Gasteiger partial charge on any atom is 0.308 e. The van der Waals surface area contributed by atoms with E-state index in [0.29, 0.717) is 42.5 Å². The van der Waals surface area contributed by atoms with Crippen LogP contribution in [-0.2, 0) is 22.4 Å². The normalized spacial score (nSPS) is 17.3. The molecule has 1 aliphatic heterocycles. The number of fused-ring (bicyclic) bond motifs is 1. The molecular weight excluding hydrogens is 426 g/mol. The lowest BCUT2D eigenvalue weighted by Gasteiger charge is -2.31. The molecule has 3 rings (SSSR count). The largest absolute Gasteiger partial charge is 0.504 e. The minimum Gasteiger partial charge on any atom is -0.504 e. The number of thiocarbonyl (C=S) groups is 1. The molecule has 32 heavy (non-hydrogen) atoms. The fourth-order valence-corrected chi connectivity index (χ4v) is 4.39. The quantitative estimate of drug-likeness (QED) is 0.171. The Labute approximate surface area is 194 Å². The van der Waals surface area contributed by atoms with E-state index in [1.165, 1.54) is 18.2 Å². The van der Waals surface area contributed by atoms with Crippen molar-refractivity contribution in [3.8, 4) is 0 Å². The molecule has 0 amide bonds. The maximum atomic E-state index is 11.7. The van der Waals surface area contributed by atoms with E-state index in [-0.39, 0.29) is 23.4 Å². The highest BCUT2D eigenvalue weighted by atomic mass is 32.1. The number of aryl methyl sites for hydroxylation is 2. The molecule has 0 radical (unpaired) electrons. The lowest BCUT2D eigenvalue weighted by Crippen LogP contribution is -2.44. The van der Waals surface area contributed by atoms with E-state index in [4.69, 9.17) is 22.4 Å². The highest BCUT2D eigenvalue weighted by molar-refractivity contribution is 7.80. The van der Waals surface area contributed by atoms with Crippen LogP contribution in [0.4, 0.5) is 0 Å². The third-order valence-corrected chi connectivity index (χ3v) is 6.46. The summed E-state index contributed by atoms with van der Waals surface area (Å²) in [5.74, 6) is -0.450. The van der Waals surface area contributed by atoms with E-state index in [0.717, 1.165) is 24.8 Å². The Morgan fingerprint density at radius 3 is 2.62 bits per heavy atom. The fourth-order valence-electron chi connectivity index (χ4n) is 4.17. The van der Waals surface area contributed by atoms with Gasteiger partial charge in [-0.15, -0.1) is 0 Å². The summed E-state index contributed by atoms with van der Waals surface area (Å²) in [6.07, 6.45) is 4.62. The van der Waals surface area contributed by atoms with Crippen LogP contribution in [0.5, 0.6) is 0 Å². The summed E-state index contributed by atoms with van der Waals surface area (Å²) in [5.41, 5.74) is 7.02. The van der Waals surface area contributed by atoms with Gasteiger partial charge in [-0.05, 0) is 68.4 Å². The van der Waals surface area contributed by atoms with Gasteiger partial charge < -0.3 is 20.1 Å². The fraction of sp³-hybridized carbons (Fsp3) is 0.478. The number of nitrogens with one attached hydrogen (secondary N) is 3. The standard InChI is InChI=1S/C23H31N5O3S/c1-14(26-27-23(32)28-11-9-16(10-12-28)22(30)31-3)19(24)21(29)20(25-2)18-8-7-15-5-4-6-17(15)13-18/h7-8,13,16,24-25,29H,4-6,9-12H2,1-3H3,(H,27,32)/b21-20+,24-19?,26-14+. The zero-order valence-corrected chi connectivity index (χ0v) is 19.6. The summed E-state index contributed by atoms with van der Waals surface area (Å²) < 4.78 is 4.81. The number of allylic oxidation sites excluding steroid dienone is 1. The predicted molar refractivity (Wildman–Crippen MR) is 130 cm³/mol. The van der Waals surface area contributed by atoms with E-state index in [1.807, 2.05) is 11.0 Å². The van der Waals surface area contributed by atoms with Crippen LogP contribution in [0.15, 0.2) is 29.1 Å². The molecule has 1 fully saturated rings. The van der Waals surface area contributed by atoms with Crippen molar-refractivity contribution in [1.29, 1.82) is 5.41 Å².